The standard InChI is InChI=1S/C21H28N4O/c1-23-21(25-13-5-6-16(15-25)14-20(22)26)24-12-11-18-9-4-8-17-7-2-3-10-19(17)18/h2-4,7-10,16H,5-6,11-15H2,1H3,(H2,22,26)(H,23,24). The number of carbonyl (C=O) groups is 1. The van der Waals surface area contributed by atoms with Gasteiger partial charge in [-0.3, -0.25) is 9.79 Å². The molecule has 3 rings (SSSR count). The average Bonchev–Trinajstić information content (AvgIpc) is 2.65. The van der Waals surface area contributed by atoms with Crippen LogP contribution in [0.25, 0.3) is 10.8 Å². The third-order valence-corrected chi connectivity index (χ3v) is 5.08. The number of nitrogens with zero attached hydrogens (tertiary/aromatic N) is 2. The molecule has 1 aliphatic heterocycles. The molecule has 1 heterocycles. The highest BCUT2D eigenvalue weighted by Gasteiger charge is 2.23. The maximum Gasteiger partial charge on any atom is 0.217 e. The van der Waals surface area contributed by atoms with Crippen molar-refractivity contribution in [3.63, 3.8) is 0 Å². The van der Waals surface area contributed by atoms with E-state index in [4.69, 9.17) is 5.73 Å². The van der Waals surface area contributed by atoms with Gasteiger partial charge in [-0.1, -0.05) is 42.5 Å². The van der Waals surface area contributed by atoms with Gasteiger partial charge in [0, 0.05) is 33.1 Å². The van der Waals surface area contributed by atoms with Crippen molar-refractivity contribution in [1.82, 2.24) is 10.2 Å². The van der Waals surface area contributed by atoms with E-state index >= 15 is 0 Å². The molecule has 0 aromatic heterocycles. The third kappa shape index (κ3) is 4.54. The maximum absolute atomic E-state index is 11.2. The molecular formula is C21H28N4O. The first-order valence-electron chi connectivity index (χ1n) is 9.38. The molecule has 0 saturated carbocycles. The summed E-state index contributed by atoms with van der Waals surface area (Å²) in [6, 6.07) is 15.0. The normalized spacial score (nSPS) is 18.1. The number of hydrogen-bond donors (Lipinski definition) is 2. The number of aliphatic imine (C=N–C) groups is 1. The minimum atomic E-state index is -0.212. The van der Waals surface area contributed by atoms with Gasteiger partial charge >= 0.3 is 0 Å². The average molecular weight is 352 g/mol. The van der Waals surface area contributed by atoms with Gasteiger partial charge in [0.2, 0.25) is 5.91 Å². The Morgan fingerprint density at radius 1 is 1.27 bits per heavy atom. The second-order valence-electron chi connectivity index (χ2n) is 6.99. The molecular weight excluding hydrogens is 324 g/mol. The van der Waals surface area contributed by atoms with Gasteiger partial charge in [-0.25, -0.2) is 0 Å². The van der Waals surface area contributed by atoms with Crippen molar-refractivity contribution in [3.05, 3.63) is 48.0 Å². The van der Waals surface area contributed by atoms with Crippen molar-refractivity contribution in [2.24, 2.45) is 16.6 Å². The van der Waals surface area contributed by atoms with Gasteiger partial charge in [-0.15, -0.1) is 0 Å². The summed E-state index contributed by atoms with van der Waals surface area (Å²) < 4.78 is 0. The van der Waals surface area contributed by atoms with Crippen LogP contribution >= 0.6 is 0 Å². The van der Waals surface area contributed by atoms with Crippen molar-refractivity contribution in [1.29, 1.82) is 0 Å². The molecule has 26 heavy (non-hydrogen) atoms. The quantitative estimate of drug-likeness (QED) is 0.642. The Morgan fingerprint density at radius 2 is 2.08 bits per heavy atom. The first-order valence-corrected chi connectivity index (χ1v) is 9.38. The lowest BCUT2D eigenvalue weighted by Crippen LogP contribution is -2.47. The summed E-state index contributed by atoms with van der Waals surface area (Å²) in [4.78, 5) is 17.9. The minimum Gasteiger partial charge on any atom is -0.370 e. The number of hydrogen-bond acceptors (Lipinski definition) is 2. The van der Waals surface area contributed by atoms with Crippen LogP contribution in [0.3, 0.4) is 0 Å². The van der Waals surface area contributed by atoms with E-state index in [1.165, 1.54) is 16.3 Å². The Kier molecular flexibility index (Phi) is 6.10. The summed E-state index contributed by atoms with van der Waals surface area (Å²) in [7, 11) is 1.82. The number of nitrogens with two attached hydrogens (primary N) is 1. The number of primary amides is 1. The number of likely N-dealkylation sites (tertiary alicyclic amines) is 1. The molecule has 0 aliphatic carbocycles. The zero-order valence-electron chi connectivity index (χ0n) is 15.4. The predicted molar refractivity (Wildman–Crippen MR) is 107 cm³/mol. The Labute approximate surface area is 155 Å². The van der Waals surface area contributed by atoms with Crippen molar-refractivity contribution in [3.8, 4) is 0 Å². The molecule has 1 unspecified atom stereocenters. The molecule has 138 valence electrons. The van der Waals surface area contributed by atoms with E-state index in [0.717, 1.165) is 44.9 Å². The maximum atomic E-state index is 11.2. The molecule has 1 saturated heterocycles. The topological polar surface area (TPSA) is 70.7 Å². The summed E-state index contributed by atoms with van der Waals surface area (Å²) in [6.07, 6.45) is 3.54. The van der Waals surface area contributed by atoms with Gasteiger partial charge in [-0.05, 0) is 41.5 Å². The molecule has 1 aliphatic rings. The second kappa shape index (κ2) is 8.70. The van der Waals surface area contributed by atoms with Gasteiger partial charge in [0.15, 0.2) is 5.96 Å². The zero-order valence-corrected chi connectivity index (χ0v) is 15.4. The van der Waals surface area contributed by atoms with E-state index in [1.54, 1.807) is 0 Å². The van der Waals surface area contributed by atoms with Gasteiger partial charge < -0.3 is 16.0 Å². The highest BCUT2D eigenvalue weighted by molar-refractivity contribution is 5.86. The molecule has 2 aromatic carbocycles. The summed E-state index contributed by atoms with van der Waals surface area (Å²) in [5.41, 5.74) is 6.71. The fourth-order valence-electron chi connectivity index (χ4n) is 3.86. The Hall–Kier alpha value is -2.56. The highest BCUT2D eigenvalue weighted by Crippen LogP contribution is 2.20. The Bertz CT molecular complexity index is 781. The van der Waals surface area contributed by atoms with Crippen LogP contribution in [0.4, 0.5) is 0 Å². The predicted octanol–water partition coefficient (Wildman–Crippen LogP) is 2.55. The van der Waals surface area contributed by atoms with Crippen LogP contribution < -0.4 is 11.1 Å². The van der Waals surface area contributed by atoms with Crippen molar-refractivity contribution in [2.45, 2.75) is 25.7 Å². The largest absolute Gasteiger partial charge is 0.370 e. The number of fused-ring (bicyclic) bond motifs is 1. The molecule has 1 atom stereocenters. The first kappa shape index (κ1) is 18.2. The van der Waals surface area contributed by atoms with E-state index in [0.29, 0.717) is 12.3 Å². The molecule has 1 fully saturated rings. The smallest absolute Gasteiger partial charge is 0.217 e. The number of benzene rings is 2. The summed E-state index contributed by atoms with van der Waals surface area (Å²) >= 11 is 0. The van der Waals surface area contributed by atoms with Crippen molar-refractivity contribution in [2.75, 3.05) is 26.7 Å². The van der Waals surface area contributed by atoms with Crippen molar-refractivity contribution < 1.29 is 4.79 Å². The highest BCUT2D eigenvalue weighted by atomic mass is 16.1. The molecule has 3 N–H and O–H groups in total. The van der Waals surface area contributed by atoms with E-state index in [-0.39, 0.29) is 5.91 Å². The van der Waals surface area contributed by atoms with Crippen LogP contribution in [0.5, 0.6) is 0 Å². The van der Waals surface area contributed by atoms with Crippen LogP contribution in [-0.2, 0) is 11.2 Å². The number of carbonyl (C=O) groups excluding carboxylic acids is 1. The van der Waals surface area contributed by atoms with E-state index < -0.39 is 0 Å². The number of nitrogens with one attached hydrogen (secondary N) is 1. The lowest BCUT2D eigenvalue weighted by Gasteiger charge is -2.34. The third-order valence-electron chi connectivity index (χ3n) is 5.08. The van der Waals surface area contributed by atoms with Gasteiger partial charge in [0.05, 0.1) is 0 Å². The van der Waals surface area contributed by atoms with Crippen LogP contribution in [0.2, 0.25) is 0 Å². The van der Waals surface area contributed by atoms with Crippen LogP contribution in [0.15, 0.2) is 47.5 Å². The minimum absolute atomic E-state index is 0.212. The zero-order chi connectivity index (χ0) is 18.4. The van der Waals surface area contributed by atoms with E-state index in [2.05, 4.69) is 57.7 Å². The second-order valence-corrected chi connectivity index (χ2v) is 6.99. The molecule has 1 amide bonds. The van der Waals surface area contributed by atoms with Gasteiger partial charge in [-0.2, -0.15) is 0 Å². The summed E-state index contributed by atoms with van der Waals surface area (Å²) in [5, 5.41) is 6.07. The van der Waals surface area contributed by atoms with Gasteiger partial charge in [0.1, 0.15) is 0 Å². The summed E-state index contributed by atoms with van der Waals surface area (Å²) in [5.74, 6) is 1.04. The van der Waals surface area contributed by atoms with Crippen molar-refractivity contribution >= 4 is 22.6 Å². The van der Waals surface area contributed by atoms with Crippen LogP contribution in [0.1, 0.15) is 24.8 Å². The molecule has 0 radical (unpaired) electrons. The SMILES string of the molecule is CN=C(NCCc1cccc2ccccc12)N1CCCC(CC(N)=O)C1. The summed E-state index contributed by atoms with van der Waals surface area (Å²) in [6.45, 7) is 2.65. The van der Waals surface area contributed by atoms with E-state index in [1.807, 2.05) is 7.05 Å². The number of rotatable bonds is 5. The molecule has 5 heteroatoms. The fraction of sp³-hybridized carbons (Fsp3) is 0.429. The lowest BCUT2D eigenvalue weighted by molar-refractivity contribution is -0.119. The fourth-order valence-corrected chi connectivity index (χ4v) is 3.86. The van der Waals surface area contributed by atoms with E-state index in [9.17, 15) is 4.79 Å². The number of piperidine rings is 1. The van der Waals surface area contributed by atoms with Crippen LogP contribution in [0, 0.1) is 5.92 Å². The number of guanidine groups is 1. The monoisotopic (exact) mass is 352 g/mol. The molecule has 0 bridgehead atoms. The molecule has 0 spiro atoms. The molecule has 2 aromatic rings. The molecule has 5 nitrogen and oxygen atoms in total. The van der Waals surface area contributed by atoms with Crippen LogP contribution in [-0.4, -0.2) is 43.4 Å². The lowest BCUT2D eigenvalue weighted by atomic mass is 9.95. The number of amides is 1. The first-order chi connectivity index (χ1) is 12.7. The Balaban J connectivity index is 1.58. The van der Waals surface area contributed by atoms with Gasteiger partial charge in [0.25, 0.3) is 0 Å². The Morgan fingerprint density at radius 3 is 2.88 bits per heavy atom.